The van der Waals surface area contributed by atoms with E-state index in [0.717, 1.165) is 21.4 Å². The van der Waals surface area contributed by atoms with Crippen LogP contribution in [0.3, 0.4) is 0 Å². The fraction of sp³-hybridized carbons (Fsp3) is 0.120. The highest BCUT2D eigenvalue weighted by atomic mass is 35.5. The predicted octanol–water partition coefficient (Wildman–Crippen LogP) is 6.59. The number of para-hydroxylation sites is 1. The van der Waals surface area contributed by atoms with Crippen LogP contribution in [0, 0.1) is 0 Å². The number of carbonyl (C=O) groups excluding carboxylic acids is 1. The van der Waals surface area contributed by atoms with Crippen LogP contribution in [-0.2, 0) is 9.53 Å². The standard InChI is InChI=1S/C25H19ClN2O4S/c1-15(29)28-25(16-8-10-17(30-2)11-9-16)32-24(27-28)23-22(26)20-14-19(12-13-21(20)33-23)31-18-6-4-3-5-7-18/h3-14,25H,1-2H3. The summed E-state index contributed by atoms with van der Waals surface area (Å²) in [5.74, 6) is 2.21. The molecule has 0 fully saturated rings. The van der Waals surface area contributed by atoms with Crippen molar-refractivity contribution in [2.45, 2.75) is 13.2 Å². The Labute approximate surface area is 199 Å². The number of hydrogen-bond acceptors (Lipinski definition) is 6. The Morgan fingerprint density at radius 2 is 1.76 bits per heavy atom. The summed E-state index contributed by atoms with van der Waals surface area (Å²) in [6.45, 7) is 1.45. The number of nitrogens with zero attached hydrogens (tertiary/aromatic N) is 2. The molecular weight excluding hydrogens is 460 g/mol. The second kappa shape index (κ2) is 8.77. The summed E-state index contributed by atoms with van der Waals surface area (Å²) >= 11 is 8.20. The molecule has 0 saturated heterocycles. The van der Waals surface area contributed by atoms with E-state index in [1.165, 1.54) is 23.3 Å². The third-order valence-electron chi connectivity index (χ3n) is 5.14. The normalized spacial score (nSPS) is 15.3. The first kappa shape index (κ1) is 21.3. The van der Waals surface area contributed by atoms with Crippen molar-refractivity contribution < 1.29 is 19.0 Å². The zero-order valence-electron chi connectivity index (χ0n) is 17.8. The van der Waals surface area contributed by atoms with E-state index in [9.17, 15) is 4.79 Å². The molecule has 0 aliphatic carbocycles. The van der Waals surface area contributed by atoms with Crippen molar-refractivity contribution in [2.24, 2.45) is 5.10 Å². The maximum Gasteiger partial charge on any atom is 0.252 e. The van der Waals surface area contributed by atoms with Crippen LogP contribution in [-0.4, -0.2) is 23.9 Å². The van der Waals surface area contributed by atoms with Gasteiger partial charge in [-0.25, -0.2) is 0 Å². The van der Waals surface area contributed by atoms with Crippen LogP contribution < -0.4 is 9.47 Å². The van der Waals surface area contributed by atoms with E-state index in [0.29, 0.717) is 27.3 Å². The SMILES string of the molecule is COc1ccc(C2OC(c3sc4ccc(Oc5ccccc5)cc4c3Cl)=NN2C(C)=O)cc1. The van der Waals surface area contributed by atoms with Gasteiger partial charge in [-0.1, -0.05) is 29.8 Å². The molecule has 0 spiro atoms. The number of carbonyl (C=O) groups is 1. The van der Waals surface area contributed by atoms with Gasteiger partial charge in [0.2, 0.25) is 12.1 Å². The van der Waals surface area contributed by atoms with E-state index in [1.54, 1.807) is 7.11 Å². The molecule has 1 amide bonds. The maximum atomic E-state index is 12.3. The van der Waals surface area contributed by atoms with Crippen molar-refractivity contribution in [3.63, 3.8) is 0 Å². The van der Waals surface area contributed by atoms with Gasteiger partial charge >= 0.3 is 0 Å². The van der Waals surface area contributed by atoms with E-state index < -0.39 is 6.23 Å². The summed E-state index contributed by atoms with van der Waals surface area (Å²) in [6, 6.07) is 22.6. The lowest BCUT2D eigenvalue weighted by Crippen LogP contribution is -2.25. The quantitative estimate of drug-likeness (QED) is 0.324. The second-order valence-corrected chi connectivity index (χ2v) is 8.76. The minimum Gasteiger partial charge on any atom is -0.497 e. The molecule has 6 nitrogen and oxygen atoms in total. The van der Waals surface area contributed by atoms with Crippen molar-refractivity contribution in [3.05, 3.63) is 88.3 Å². The van der Waals surface area contributed by atoms with Gasteiger partial charge in [0.25, 0.3) is 5.90 Å². The monoisotopic (exact) mass is 478 g/mol. The van der Waals surface area contributed by atoms with Crippen LogP contribution in [0.1, 0.15) is 23.6 Å². The molecule has 2 heterocycles. The minimum absolute atomic E-state index is 0.235. The second-order valence-electron chi connectivity index (χ2n) is 7.33. The fourth-order valence-corrected chi connectivity index (χ4v) is 4.93. The number of halogens is 1. The minimum atomic E-state index is -0.679. The molecule has 0 radical (unpaired) electrons. The first-order valence-corrected chi connectivity index (χ1v) is 11.4. The summed E-state index contributed by atoms with van der Waals surface area (Å²) in [5, 5.41) is 7.11. The highest BCUT2D eigenvalue weighted by Gasteiger charge is 2.35. The Hall–Kier alpha value is -3.55. The van der Waals surface area contributed by atoms with Crippen molar-refractivity contribution in [2.75, 3.05) is 7.11 Å². The molecule has 0 N–H and O–H groups in total. The lowest BCUT2D eigenvalue weighted by molar-refractivity contribution is -0.135. The van der Waals surface area contributed by atoms with Gasteiger partial charge in [0, 0.05) is 22.6 Å². The highest BCUT2D eigenvalue weighted by Crippen LogP contribution is 2.41. The van der Waals surface area contributed by atoms with Gasteiger partial charge in [-0.3, -0.25) is 4.79 Å². The van der Waals surface area contributed by atoms with Crippen molar-refractivity contribution in [1.82, 2.24) is 5.01 Å². The molecule has 0 bridgehead atoms. The Kier molecular flexibility index (Phi) is 5.66. The lowest BCUT2D eigenvalue weighted by Gasteiger charge is -2.19. The predicted molar refractivity (Wildman–Crippen MR) is 129 cm³/mol. The third kappa shape index (κ3) is 4.13. The lowest BCUT2D eigenvalue weighted by atomic mass is 10.2. The van der Waals surface area contributed by atoms with Crippen LogP contribution >= 0.6 is 22.9 Å². The van der Waals surface area contributed by atoms with E-state index in [-0.39, 0.29) is 5.91 Å². The Morgan fingerprint density at radius 1 is 1.03 bits per heavy atom. The van der Waals surface area contributed by atoms with Gasteiger partial charge in [-0.05, 0) is 54.6 Å². The molecule has 1 aliphatic rings. The van der Waals surface area contributed by atoms with Gasteiger partial charge in [-0.15, -0.1) is 16.4 Å². The molecule has 4 aromatic rings. The topological polar surface area (TPSA) is 60.4 Å². The Morgan fingerprint density at radius 3 is 2.45 bits per heavy atom. The summed E-state index contributed by atoms with van der Waals surface area (Å²) < 4.78 is 18.2. The van der Waals surface area contributed by atoms with E-state index >= 15 is 0 Å². The molecule has 1 unspecified atom stereocenters. The average molecular weight is 479 g/mol. The fourth-order valence-electron chi connectivity index (χ4n) is 3.51. The van der Waals surface area contributed by atoms with Crippen LogP contribution in [0.25, 0.3) is 10.1 Å². The zero-order valence-corrected chi connectivity index (χ0v) is 19.4. The van der Waals surface area contributed by atoms with E-state index in [2.05, 4.69) is 5.10 Å². The number of hydrazone groups is 1. The van der Waals surface area contributed by atoms with Gasteiger partial charge in [0.05, 0.1) is 12.1 Å². The van der Waals surface area contributed by atoms with Gasteiger partial charge in [0.15, 0.2) is 0 Å². The molecule has 1 aliphatic heterocycles. The number of amides is 1. The number of fused-ring (bicyclic) bond motifs is 1. The number of hydrogen-bond donors (Lipinski definition) is 0. The first-order chi connectivity index (χ1) is 16.0. The molecule has 166 valence electrons. The molecule has 1 atom stereocenters. The molecule has 0 saturated carbocycles. The Bertz CT molecular complexity index is 1350. The zero-order chi connectivity index (χ0) is 22.9. The summed E-state index contributed by atoms with van der Waals surface area (Å²) in [4.78, 5) is 12.9. The summed E-state index contributed by atoms with van der Waals surface area (Å²) in [6.07, 6.45) is -0.679. The first-order valence-electron chi connectivity index (χ1n) is 10.2. The van der Waals surface area contributed by atoms with Crippen LogP contribution in [0.2, 0.25) is 5.02 Å². The summed E-state index contributed by atoms with van der Waals surface area (Å²) in [7, 11) is 1.60. The van der Waals surface area contributed by atoms with Crippen LogP contribution in [0.15, 0.2) is 77.9 Å². The van der Waals surface area contributed by atoms with Gasteiger partial charge in [0.1, 0.15) is 22.1 Å². The number of benzene rings is 3. The largest absolute Gasteiger partial charge is 0.497 e. The number of rotatable bonds is 5. The third-order valence-corrected chi connectivity index (χ3v) is 6.80. The number of thiophene rings is 1. The summed E-state index contributed by atoms with van der Waals surface area (Å²) in [5.41, 5.74) is 0.778. The smallest absolute Gasteiger partial charge is 0.252 e. The molecule has 5 rings (SSSR count). The van der Waals surface area contributed by atoms with E-state index in [1.807, 2.05) is 72.8 Å². The van der Waals surface area contributed by atoms with Crippen LogP contribution in [0.4, 0.5) is 0 Å². The molecule has 3 aromatic carbocycles. The van der Waals surface area contributed by atoms with Crippen molar-refractivity contribution in [3.8, 4) is 17.2 Å². The van der Waals surface area contributed by atoms with Crippen LogP contribution in [0.5, 0.6) is 17.2 Å². The van der Waals surface area contributed by atoms with E-state index in [4.69, 9.17) is 25.8 Å². The Balaban J connectivity index is 1.47. The maximum absolute atomic E-state index is 12.3. The number of methoxy groups -OCH3 is 1. The number of ether oxygens (including phenoxy) is 3. The molecule has 33 heavy (non-hydrogen) atoms. The highest BCUT2D eigenvalue weighted by molar-refractivity contribution is 7.21. The molecular formula is C25H19ClN2O4S. The molecule has 1 aromatic heterocycles. The molecule has 8 heteroatoms. The van der Waals surface area contributed by atoms with Gasteiger partial charge < -0.3 is 14.2 Å². The van der Waals surface area contributed by atoms with Crippen molar-refractivity contribution >= 4 is 44.8 Å². The van der Waals surface area contributed by atoms with Gasteiger partial charge in [-0.2, -0.15) is 5.01 Å². The average Bonchev–Trinajstić information content (AvgIpc) is 3.42. The van der Waals surface area contributed by atoms with Crippen molar-refractivity contribution in [1.29, 1.82) is 0 Å².